The van der Waals surface area contributed by atoms with Crippen LogP contribution in [0.3, 0.4) is 0 Å². The third-order valence-corrected chi connectivity index (χ3v) is 10.2. The second-order valence-electron chi connectivity index (χ2n) is 11.4. The fourth-order valence-electron chi connectivity index (χ4n) is 8.81. The van der Waals surface area contributed by atoms with Gasteiger partial charge in [-0.2, -0.15) is 0 Å². The standard InChI is InChI=1S/C24H40O4.C2H6/c1-14(4-7-22(27)28)17-5-6-18-16-13-21(26)20-12-15(25)8-10-24(20,3)19(16)9-11-23(17,18)2;1-2/h14-21,25-26H,4-13H2,1-3H3,(H,27,28);1-2H3/t14?,15-,16?,17?,18?,19?,20?,21+,23?,24?;/m1./s1. The molecule has 10 atom stereocenters. The predicted octanol–water partition coefficient (Wildman–Crippen LogP) is 5.50. The molecule has 4 rings (SSSR count). The Hall–Kier alpha value is -0.610. The summed E-state index contributed by atoms with van der Waals surface area (Å²) >= 11 is 0. The second-order valence-corrected chi connectivity index (χ2v) is 11.4. The Morgan fingerprint density at radius 1 is 0.933 bits per heavy atom. The van der Waals surface area contributed by atoms with Crippen molar-refractivity contribution in [2.75, 3.05) is 0 Å². The predicted molar refractivity (Wildman–Crippen MR) is 120 cm³/mol. The van der Waals surface area contributed by atoms with Crippen LogP contribution in [0, 0.1) is 46.3 Å². The number of aliphatic carboxylic acids is 1. The quantitative estimate of drug-likeness (QED) is 0.559. The van der Waals surface area contributed by atoms with E-state index in [-0.39, 0.29) is 30.0 Å². The zero-order valence-corrected chi connectivity index (χ0v) is 19.9. The normalized spacial score (nSPS) is 48.4. The van der Waals surface area contributed by atoms with Gasteiger partial charge in [0.1, 0.15) is 0 Å². The van der Waals surface area contributed by atoms with E-state index < -0.39 is 5.97 Å². The summed E-state index contributed by atoms with van der Waals surface area (Å²) in [6, 6.07) is 0. The summed E-state index contributed by atoms with van der Waals surface area (Å²) in [4.78, 5) is 11.1. The lowest BCUT2D eigenvalue weighted by molar-refractivity contribution is -0.172. The average molecular weight is 423 g/mol. The molecule has 0 radical (unpaired) electrons. The van der Waals surface area contributed by atoms with Crippen molar-refractivity contribution in [2.45, 2.75) is 111 Å². The summed E-state index contributed by atoms with van der Waals surface area (Å²) in [5.41, 5.74) is 0.478. The summed E-state index contributed by atoms with van der Waals surface area (Å²) in [5, 5.41) is 30.4. The Morgan fingerprint density at radius 2 is 1.57 bits per heavy atom. The van der Waals surface area contributed by atoms with Gasteiger partial charge in [-0.25, -0.2) is 0 Å². The summed E-state index contributed by atoms with van der Waals surface area (Å²) in [5.74, 6) is 2.61. The molecule has 0 saturated heterocycles. The van der Waals surface area contributed by atoms with Crippen LogP contribution >= 0.6 is 0 Å². The first-order chi connectivity index (χ1) is 14.2. The van der Waals surface area contributed by atoms with Gasteiger partial charge in [0, 0.05) is 6.42 Å². The number of fused-ring (bicyclic) bond motifs is 5. The highest BCUT2D eigenvalue weighted by Crippen LogP contribution is 2.68. The van der Waals surface area contributed by atoms with Gasteiger partial charge in [-0.1, -0.05) is 34.6 Å². The number of aliphatic hydroxyl groups excluding tert-OH is 2. The number of carboxylic acids is 1. The van der Waals surface area contributed by atoms with Crippen LogP contribution in [0.5, 0.6) is 0 Å². The number of carbonyl (C=O) groups is 1. The number of rotatable bonds is 4. The summed E-state index contributed by atoms with van der Waals surface area (Å²) in [6.07, 6.45) is 9.16. The molecule has 0 heterocycles. The van der Waals surface area contributed by atoms with Gasteiger partial charge in [0.05, 0.1) is 12.2 Å². The van der Waals surface area contributed by atoms with Crippen LogP contribution in [-0.4, -0.2) is 33.5 Å². The molecular formula is C26H46O4. The highest BCUT2D eigenvalue weighted by atomic mass is 16.4. The molecule has 0 aromatic heterocycles. The molecular weight excluding hydrogens is 376 g/mol. The van der Waals surface area contributed by atoms with Crippen LogP contribution < -0.4 is 0 Å². The Kier molecular flexibility index (Phi) is 7.29. The van der Waals surface area contributed by atoms with E-state index in [1.807, 2.05) is 13.8 Å². The fourth-order valence-corrected chi connectivity index (χ4v) is 8.81. The van der Waals surface area contributed by atoms with Crippen LogP contribution in [0.2, 0.25) is 0 Å². The topological polar surface area (TPSA) is 77.8 Å². The van der Waals surface area contributed by atoms with E-state index in [4.69, 9.17) is 5.11 Å². The number of aliphatic hydroxyl groups is 2. The molecule has 0 spiro atoms. The van der Waals surface area contributed by atoms with Gasteiger partial charge in [0.2, 0.25) is 0 Å². The molecule has 0 amide bonds. The third kappa shape index (κ3) is 3.96. The van der Waals surface area contributed by atoms with Crippen molar-refractivity contribution in [1.82, 2.24) is 0 Å². The maximum atomic E-state index is 11.1. The first-order valence-electron chi connectivity index (χ1n) is 12.7. The first kappa shape index (κ1) is 24.0. The molecule has 3 N–H and O–H groups in total. The van der Waals surface area contributed by atoms with Crippen LogP contribution in [0.15, 0.2) is 0 Å². The van der Waals surface area contributed by atoms with Gasteiger partial charge in [0.25, 0.3) is 0 Å². The Balaban J connectivity index is 0.00000124. The van der Waals surface area contributed by atoms with Gasteiger partial charge in [0.15, 0.2) is 0 Å². The molecule has 0 aliphatic heterocycles. The molecule has 0 aromatic carbocycles. The maximum absolute atomic E-state index is 11.1. The lowest BCUT2D eigenvalue weighted by Gasteiger charge is -2.62. The minimum absolute atomic E-state index is 0.176. The summed E-state index contributed by atoms with van der Waals surface area (Å²) in [6.45, 7) is 11.2. The molecule has 0 aromatic rings. The molecule has 4 heteroatoms. The lowest BCUT2D eigenvalue weighted by atomic mass is 9.44. The van der Waals surface area contributed by atoms with E-state index >= 15 is 0 Å². The van der Waals surface area contributed by atoms with Gasteiger partial charge >= 0.3 is 5.97 Å². The molecule has 4 saturated carbocycles. The van der Waals surface area contributed by atoms with Crippen molar-refractivity contribution in [1.29, 1.82) is 0 Å². The molecule has 4 nitrogen and oxygen atoms in total. The van der Waals surface area contributed by atoms with Crippen LogP contribution in [0.1, 0.15) is 98.8 Å². The van der Waals surface area contributed by atoms with Crippen molar-refractivity contribution < 1.29 is 20.1 Å². The number of carboxylic acid groups (broad SMARTS) is 1. The first-order valence-corrected chi connectivity index (χ1v) is 12.7. The minimum atomic E-state index is -0.677. The zero-order valence-electron chi connectivity index (χ0n) is 19.9. The van der Waals surface area contributed by atoms with Gasteiger partial charge in [-0.15, -0.1) is 0 Å². The number of hydrogen-bond acceptors (Lipinski definition) is 3. The molecule has 4 aliphatic carbocycles. The van der Waals surface area contributed by atoms with Gasteiger partial charge in [-0.05, 0) is 104 Å². The summed E-state index contributed by atoms with van der Waals surface area (Å²) < 4.78 is 0. The Labute approximate surface area is 183 Å². The highest BCUT2D eigenvalue weighted by Gasteiger charge is 2.62. The second kappa shape index (κ2) is 9.10. The molecule has 4 fully saturated rings. The Bertz CT molecular complexity index is 606. The minimum Gasteiger partial charge on any atom is -0.481 e. The molecule has 4 aliphatic rings. The van der Waals surface area contributed by atoms with Crippen LogP contribution in [0.25, 0.3) is 0 Å². The van der Waals surface area contributed by atoms with Crippen molar-refractivity contribution >= 4 is 5.97 Å². The van der Waals surface area contributed by atoms with Crippen molar-refractivity contribution in [3.8, 4) is 0 Å². The van der Waals surface area contributed by atoms with E-state index in [9.17, 15) is 15.0 Å². The number of hydrogen-bond donors (Lipinski definition) is 3. The highest BCUT2D eigenvalue weighted by molar-refractivity contribution is 5.66. The van der Waals surface area contributed by atoms with E-state index in [1.165, 1.54) is 25.7 Å². The molecule has 174 valence electrons. The lowest BCUT2D eigenvalue weighted by Crippen LogP contribution is -2.58. The fraction of sp³-hybridized carbons (Fsp3) is 0.962. The van der Waals surface area contributed by atoms with Gasteiger partial charge in [-0.3, -0.25) is 4.79 Å². The van der Waals surface area contributed by atoms with Crippen LogP contribution in [0.4, 0.5) is 0 Å². The van der Waals surface area contributed by atoms with Crippen molar-refractivity contribution in [2.24, 2.45) is 46.3 Å². The molecule has 8 unspecified atom stereocenters. The smallest absolute Gasteiger partial charge is 0.303 e. The van der Waals surface area contributed by atoms with E-state index in [0.717, 1.165) is 32.1 Å². The third-order valence-electron chi connectivity index (χ3n) is 10.2. The van der Waals surface area contributed by atoms with E-state index in [2.05, 4.69) is 20.8 Å². The Morgan fingerprint density at radius 3 is 2.23 bits per heavy atom. The van der Waals surface area contributed by atoms with Crippen molar-refractivity contribution in [3.05, 3.63) is 0 Å². The zero-order chi connectivity index (χ0) is 22.3. The van der Waals surface area contributed by atoms with Crippen molar-refractivity contribution in [3.63, 3.8) is 0 Å². The summed E-state index contributed by atoms with van der Waals surface area (Å²) in [7, 11) is 0. The molecule has 30 heavy (non-hydrogen) atoms. The monoisotopic (exact) mass is 422 g/mol. The van der Waals surface area contributed by atoms with E-state index in [1.54, 1.807) is 0 Å². The largest absolute Gasteiger partial charge is 0.481 e. The molecule has 0 bridgehead atoms. The van der Waals surface area contributed by atoms with Gasteiger partial charge < -0.3 is 15.3 Å². The van der Waals surface area contributed by atoms with Crippen LogP contribution in [-0.2, 0) is 4.79 Å². The average Bonchev–Trinajstić information content (AvgIpc) is 3.06. The van der Waals surface area contributed by atoms with E-state index in [0.29, 0.717) is 35.0 Å². The maximum Gasteiger partial charge on any atom is 0.303 e. The SMILES string of the molecule is CC.CC(CCC(=O)O)C1CCC2C3C[C@H](O)C4C[C@H](O)CCC4(C)C3CCC12C.